The molecule has 1 N–H and O–H groups in total. The maximum atomic E-state index is 11.7. The van der Waals surface area contributed by atoms with Crippen LogP contribution in [0.4, 0.5) is 0 Å². The van der Waals surface area contributed by atoms with E-state index < -0.39 is 0 Å². The number of carbonyl (C=O) groups is 1. The molecule has 0 radical (unpaired) electrons. The minimum absolute atomic E-state index is 0.146. The van der Waals surface area contributed by atoms with Gasteiger partial charge < -0.3 is 14.8 Å². The van der Waals surface area contributed by atoms with Gasteiger partial charge in [-0.1, -0.05) is 0 Å². The second-order valence-electron chi connectivity index (χ2n) is 3.85. The largest absolute Gasteiger partial charge is 0.342 e. The zero-order valence-corrected chi connectivity index (χ0v) is 10.8. The van der Waals surface area contributed by atoms with Crippen LogP contribution >= 0.6 is 0 Å². The molecule has 0 saturated heterocycles. The van der Waals surface area contributed by atoms with E-state index in [1.807, 2.05) is 30.4 Å². The average Bonchev–Trinajstić information content (AvgIpc) is 2.72. The lowest BCUT2D eigenvalue weighted by Gasteiger charge is -2.18. The molecule has 1 rings (SSSR count). The molecule has 0 saturated carbocycles. The molecule has 6 nitrogen and oxygen atoms in total. The quantitative estimate of drug-likeness (QED) is 0.670. The molecule has 0 spiro atoms. The minimum atomic E-state index is 0.146. The van der Waals surface area contributed by atoms with E-state index >= 15 is 0 Å². The molecule has 0 unspecified atom stereocenters. The second-order valence-corrected chi connectivity index (χ2v) is 3.85. The maximum absolute atomic E-state index is 11.7. The van der Waals surface area contributed by atoms with Crippen LogP contribution in [0.2, 0.25) is 0 Å². The molecule has 0 atom stereocenters. The van der Waals surface area contributed by atoms with E-state index in [1.54, 1.807) is 6.33 Å². The predicted octanol–water partition coefficient (Wildman–Crippen LogP) is -0.184. The van der Waals surface area contributed by atoms with E-state index in [2.05, 4.69) is 15.5 Å². The number of hydrogen-bond donors (Lipinski definition) is 1. The van der Waals surface area contributed by atoms with Crippen LogP contribution in [0.1, 0.15) is 19.7 Å². The van der Waals surface area contributed by atoms with E-state index in [1.165, 1.54) is 0 Å². The number of amides is 1. The van der Waals surface area contributed by atoms with Crippen LogP contribution in [0.3, 0.4) is 0 Å². The van der Waals surface area contributed by atoms with Crippen LogP contribution in [-0.4, -0.2) is 51.8 Å². The summed E-state index contributed by atoms with van der Waals surface area (Å²) in [5, 5.41) is 10.9. The van der Waals surface area contributed by atoms with Gasteiger partial charge in [0, 0.05) is 33.1 Å². The first-order valence-corrected chi connectivity index (χ1v) is 6.00. The van der Waals surface area contributed by atoms with Crippen molar-refractivity contribution < 1.29 is 4.79 Å². The van der Waals surface area contributed by atoms with E-state index in [9.17, 15) is 4.79 Å². The van der Waals surface area contributed by atoms with Crippen LogP contribution in [-0.2, 0) is 18.3 Å². The molecule has 0 aromatic carbocycles. The number of hydrogen-bond acceptors (Lipinski definition) is 4. The highest BCUT2D eigenvalue weighted by atomic mass is 16.2. The van der Waals surface area contributed by atoms with Crippen molar-refractivity contribution in [2.75, 3.05) is 26.2 Å². The molecular formula is C11H21N5O. The monoisotopic (exact) mass is 239 g/mol. The van der Waals surface area contributed by atoms with Crippen molar-refractivity contribution in [3.8, 4) is 0 Å². The summed E-state index contributed by atoms with van der Waals surface area (Å²) in [7, 11) is 1.91. The van der Waals surface area contributed by atoms with Gasteiger partial charge in [0.15, 0.2) is 0 Å². The lowest BCUT2D eigenvalue weighted by atomic mass is 10.4. The summed E-state index contributed by atoms with van der Waals surface area (Å²) in [6.45, 7) is 6.63. The molecule has 1 heterocycles. The summed E-state index contributed by atoms with van der Waals surface area (Å²) in [6, 6.07) is 0. The topological polar surface area (TPSA) is 63.1 Å². The van der Waals surface area contributed by atoms with Gasteiger partial charge in [-0.2, -0.15) is 0 Å². The minimum Gasteiger partial charge on any atom is -0.342 e. The van der Waals surface area contributed by atoms with Crippen molar-refractivity contribution in [2.45, 2.75) is 20.3 Å². The summed E-state index contributed by atoms with van der Waals surface area (Å²) in [6.07, 6.45) is 2.46. The third kappa shape index (κ3) is 4.14. The Morgan fingerprint density at radius 2 is 2.18 bits per heavy atom. The highest BCUT2D eigenvalue weighted by Gasteiger charge is 2.08. The van der Waals surface area contributed by atoms with Gasteiger partial charge >= 0.3 is 0 Å². The molecule has 17 heavy (non-hydrogen) atoms. The number of nitrogens with zero attached hydrogens (tertiary/aromatic N) is 4. The Morgan fingerprint density at radius 1 is 1.47 bits per heavy atom. The summed E-state index contributed by atoms with van der Waals surface area (Å²) in [5.74, 6) is 1.07. The van der Waals surface area contributed by atoms with Gasteiger partial charge in [0.2, 0.25) is 5.91 Å². The van der Waals surface area contributed by atoms with Crippen molar-refractivity contribution in [1.29, 1.82) is 0 Å². The molecule has 0 bridgehead atoms. The lowest BCUT2D eigenvalue weighted by molar-refractivity contribution is -0.129. The molecule has 1 amide bonds. The lowest BCUT2D eigenvalue weighted by Crippen LogP contribution is -2.38. The fourth-order valence-electron chi connectivity index (χ4n) is 1.62. The van der Waals surface area contributed by atoms with Crippen molar-refractivity contribution in [3.05, 3.63) is 12.2 Å². The van der Waals surface area contributed by atoms with Gasteiger partial charge in [0.25, 0.3) is 0 Å². The highest BCUT2D eigenvalue weighted by Crippen LogP contribution is 1.92. The maximum Gasteiger partial charge on any atom is 0.236 e. The van der Waals surface area contributed by atoms with Gasteiger partial charge in [-0.15, -0.1) is 10.2 Å². The standard InChI is InChI=1S/C11H21N5O/c1-4-16(5-2)11(17)8-12-7-6-10-14-13-9-15(10)3/h9,12H,4-8H2,1-3H3. The highest BCUT2D eigenvalue weighted by molar-refractivity contribution is 5.78. The fraction of sp³-hybridized carbons (Fsp3) is 0.727. The van der Waals surface area contributed by atoms with Crippen molar-refractivity contribution >= 4 is 5.91 Å². The molecule has 0 fully saturated rings. The third-order valence-corrected chi connectivity index (χ3v) is 2.72. The average molecular weight is 239 g/mol. The molecule has 0 aliphatic rings. The zero-order valence-electron chi connectivity index (χ0n) is 10.8. The molecule has 1 aromatic heterocycles. The zero-order chi connectivity index (χ0) is 12.7. The van der Waals surface area contributed by atoms with Crippen molar-refractivity contribution in [1.82, 2.24) is 25.0 Å². The van der Waals surface area contributed by atoms with Crippen molar-refractivity contribution in [3.63, 3.8) is 0 Å². The van der Waals surface area contributed by atoms with Crippen LogP contribution in [0, 0.1) is 0 Å². The van der Waals surface area contributed by atoms with Crippen LogP contribution in [0.5, 0.6) is 0 Å². The Kier molecular flexibility index (Phi) is 5.62. The van der Waals surface area contributed by atoms with E-state index in [-0.39, 0.29) is 5.91 Å². The van der Waals surface area contributed by atoms with Gasteiger partial charge in [0.1, 0.15) is 12.2 Å². The number of aromatic nitrogens is 3. The summed E-state index contributed by atoms with van der Waals surface area (Å²) in [5.41, 5.74) is 0. The number of likely N-dealkylation sites (N-methyl/N-ethyl adjacent to an activating group) is 1. The molecule has 96 valence electrons. The van der Waals surface area contributed by atoms with E-state index in [0.717, 1.165) is 31.9 Å². The van der Waals surface area contributed by atoms with Gasteiger partial charge in [-0.05, 0) is 13.8 Å². The van der Waals surface area contributed by atoms with E-state index in [0.29, 0.717) is 6.54 Å². The number of rotatable bonds is 7. The molecular weight excluding hydrogens is 218 g/mol. The Balaban J connectivity index is 2.20. The number of aryl methyl sites for hydroxylation is 1. The summed E-state index contributed by atoms with van der Waals surface area (Å²) >= 11 is 0. The number of carbonyl (C=O) groups excluding carboxylic acids is 1. The Labute approximate surface area is 102 Å². The first-order chi connectivity index (χ1) is 8.19. The Bertz CT molecular complexity index is 345. The Morgan fingerprint density at radius 3 is 2.71 bits per heavy atom. The molecule has 0 aliphatic carbocycles. The van der Waals surface area contributed by atoms with Crippen LogP contribution in [0.25, 0.3) is 0 Å². The fourth-order valence-corrected chi connectivity index (χ4v) is 1.62. The first-order valence-electron chi connectivity index (χ1n) is 6.00. The van der Waals surface area contributed by atoms with Gasteiger partial charge in [-0.25, -0.2) is 0 Å². The second kappa shape index (κ2) is 7.01. The molecule has 0 aliphatic heterocycles. The first kappa shape index (κ1) is 13.6. The SMILES string of the molecule is CCN(CC)C(=O)CNCCc1nncn1C. The smallest absolute Gasteiger partial charge is 0.236 e. The van der Waals surface area contributed by atoms with Crippen LogP contribution < -0.4 is 5.32 Å². The summed E-state index contributed by atoms with van der Waals surface area (Å²) in [4.78, 5) is 13.5. The van der Waals surface area contributed by atoms with Gasteiger partial charge in [0.05, 0.1) is 6.54 Å². The predicted molar refractivity (Wildman–Crippen MR) is 65.5 cm³/mol. The van der Waals surface area contributed by atoms with Crippen LogP contribution in [0.15, 0.2) is 6.33 Å². The molecule has 6 heteroatoms. The summed E-state index contributed by atoms with van der Waals surface area (Å²) < 4.78 is 1.88. The van der Waals surface area contributed by atoms with E-state index in [4.69, 9.17) is 0 Å². The normalized spacial score (nSPS) is 10.5. The van der Waals surface area contributed by atoms with Crippen molar-refractivity contribution in [2.24, 2.45) is 7.05 Å². The van der Waals surface area contributed by atoms with Gasteiger partial charge in [-0.3, -0.25) is 4.79 Å². The molecule has 1 aromatic rings. The third-order valence-electron chi connectivity index (χ3n) is 2.72. The number of nitrogens with one attached hydrogen (secondary N) is 1. The Hall–Kier alpha value is -1.43.